The Balaban J connectivity index is 2.20. The molecule has 0 amide bonds. The van der Waals surface area contributed by atoms with Crippen LogP contribution in [-0.4, -0.2) is 38.1 Å². The maximum Gasteiger partial charge on any atom is 0.0656 e. The van der Waals surface area contributed by atoms with E-state index in [1.54, 1.807) is 0 Å². The van der Waals surface area contributed by atoms with E-state index in [9.17, 15) is 0 Å². The lowest BCUT2D eigenvalue weighted by Crippen LogP contribution is -2.56. The first-order chi connectivity index (χ1) is 8.85. The van der Waals surface area contributed by atoms with Crippen LogP contribution in [0.1, 0.15) is 24.8 Å². The van der Waals surface area contributed by atoms with E-state index in [0.29, 0.717) is 16.2 Å². The van der Waals surface area contributed by atoms with E-state index in [1.807, 2.05) is 12.1 Å². The second kappa shape index (κ2) is 5.22. The van der Waals surface area contributed by atoms with Crippen molar-refractivity contribution in [3.8, 4) is 0 Å². The molecule has 106 valence electrons. The van der Waals surface area contributed by atoms with Crippen LogP contribution < -0.4 is 10.6 Å². The highest BCUT2D eigenvalue weighted by Crippen LogP contribution is 2.38. The van der Waals surface area contributed by atoms with Gasteiger partial charge in [-0.15, -0.1) is 0 Å². The number of hydrogen-bond acceptors (Lipinski definition) is 3. The molecule has 1 saturated carbocycles. The summed E-state index contributed by atoms with van der Waals surface area (Å²) in [6, 6.07) is 3.94. The Hall–Kier alpha value is -0.930. The molecule has 0 unspecified atom stereocenters. The van der Waals surface area contributed by atoms with Crippen molar-refractivity contribution in [3.05, 3.63) is 22.7 Å². The molecular formula is C15H24ClN3. The monoisotopic (exact) mass is 281 g/mol. The fraction of sp³-hybridized carbons (Fsp3) is 0.600. The summed E-state index contributed by atoms with van der Waals surface area (Å²) in [6.07, 6.45) is 3.87. The van der Waals surface area contributed by atoms with Crippen LogP contribution in [0.15, 0.2) is 12.1 Å². The van der Waals surface area contributed by atoms with Gasteiger partial charge < -0.3 is 15.5 Å². The van der Waals surface area contributed by atoms with Crippen LogP contribution >= 0.6 is 11.6 Å². The summed E-state index contributed by atoms with van der Waals surface area (Å²) in [5, 5.41) is 0.639. The Labute approximate surface area is 121 Å². The Bertz CT molecular complexity index is 467. The minimum absolute atomic E-state index is 0.315. The second-order valence-electron chi connectivity index (χ2n) is 5.99. The first-order valence-corrected chi connectivity index (χ1v) is 7.18. The highest BCUT2D eigenvalue weighted by Gasteiger charge is 2.40. The van der Waals surface area contributed by atoms with Gasteiger partial charge in [0.1, 0.15) is 0 Å². The van der Waals surface area contributed by atoms with Gasteiger partial charge in [0.2, 0.25) is 0 Å². The Morgan fingerprint density at radius 3 is 2.37 bits per heavy atom. The van der Waals surface area contributed by atoms with Crippen LogP contribution in [0.4, 0.5) is 11.4 Å². The van der Waals surface area contributed by atoms with Crippen molar-refractivity contribution in [1.29, 1.82) is 0 Å². The number of nitrogens with zero attached hydrogens (tertiary/aromatic N) is 2. The van der Waals surface area contributed by atoms with E-state index in [1.165, 1.54) is 30.5 Å². The largest absolute Gasteiger partial charge is 0.398 e. The van der Waals surface area contributed by atoms with Crippen molar-refractivity contribution in [2.75, 3.05) is 38.3 Å². The molecule has 0 saturated heterocycles. The SMILES string of the molecule is Cc1cc(N)c(Cl)cc1N(C)CC1(N(C)C)CCC1. The van der Waals surface area contributed by atoms with Crippen molar-refractivity contribution < 1.29 is 0 Å². The van der Waals surface area contributed by atoms with E-state index in [2.05, 4.69) is 37.9 Å². The lowest BCUT2D eigenvalue weighted by atomic mass is 9.75. The fourth-order valence-corrected chi connectivity index (χ4v) is 3.12. The molecule has 0 aromatic heterocycles. The number of aryl methyl sites for hydroxylation is 1. The average Bonchev–Trinajstić information content (AvgIpc) is 2.27. The predicted molar refractivity (Wildman–Crippen MR) is 84.1 cm³/mol. The van der Waals surface area contributed by atoms with Crippen LogP contribution in [0.2, 0.25) is 5.02 Å². The average molecular weight is 282 g/mol. The number of nitrogens with two attached hydrogens (primary N) is 1. The summed E-state index contributed by atoms with van der Waals surface area (Å²) < 4.78 is 0. The van der Waals surface area contributed by atoms with Gasteiger partial charge in [0.25, 0.3) is 0 Å². The van der Waals surface area contributed by atoms with Crippen LogP contribution in [0.3, 0.4) is 0 Å². The number of hydrogen-bond donors (Lipinski definition) is 1. The third kappa shape index (κ3) is 2.67. The number of anilines is 2. The lowest BCUT2D eigenvalue weighted by molar-refractivity contribution is 0.0683. The molecule has 1 aliphatic rings. The van der Waals surface area contributed by atoms with Crippen molar-refractivity contribution in [3.63, 3.8) is 0 Å². The van der Waals surface area contributed by atoms with E-state index >= 15 is 0 Å². The molecule has 1 aromatic carbocycles. The molecule has 0 atom stereocenters. The van der Waals surface area contributed by atoms with Gasteiger partial charge >= 0.3 is 0 Å². The van der Waals surface area contributed by atoms with E-state index in [0.717, 1.165) is 6.54 Å². The number of benzene rings is 1. The van der Waals surface area contributed by atoms with E-state index in [4.69, 9.17) is 17.3 Å². The summed E-state index contributed by atoms with van der Waals surface area (Å²) in [5.74, 6) is 0. The summed E-state index contributed by atoms with van der Waals surface area (Å²) >= 11 is 6.15. The highest BCUT2D eigenvalue weighted by molar-refractivity contribution is 6.33. The molecule has 2 rings (SSSR count). The van der Waals surface area contributed by atoms with Gasteiger partial charge in [-0.3, -0.25) is 0 Å². The molecule has 0 bridgehead atoms. The summed E-state index contributed by atoms with van der Waals surface area (Å²) in [6.45, 7) is 3.11. The molecule has 0 radical (unpaired) electrons. The highest BCUT2D eigenvalue weighted by atomic mass is 35.5. The standard InChI is InChI=1S/C15H24ClN3/c1-11-8-13(17)12(16)9-14(11)19(4)10-15(18(2)3)6-5-7-15/h8-9H,5-7,10,17H2,1-4H3. The molecule has 1 fully saturated rings. The lowest BCUT2D eigenvalue weighted by Gasteiger charge is -2.49. The smallest absolute Gasteiger partial charge is 0.0656 e. The molecule has 2 N–H and O–H groups in total. The van der Waals surface area contributed by atoms with Gasteiger partial charge in [0.15, 0.2) is 0 Å². The maximum absolute atomic E-state index is 6.15. The topological polar surface area (TPSA) is 32.5 Å². The zero-order valence-electron chi connectivity index (χ0n) is 12.3. The van der Waals surface area contributed by atoms with Gasteiger partial charge in [-0.05, 0) is 58.0 Å². The van der Waals surface area contributed by atoms with Crippen LogP contribution in [0, 0.1) is 6.92 Å². The van der Waals surface area contributed by atoms with Crippen molar-refractivity contribution in [2.24, 2.45) is 0 Å². The van der Waals surface area contributed by atoms with Gasteiger partial charge in [-0.2, -0.15) is 0 Å². The van der Waals surface area contributed by atoms with E-state index in [-0.39, 0.29) is 0 Å². The number of rotatable bonds is 4. The molecule has 4 heteroatoms. The van der Waals surface area contributed by atoms with Crippen molar-refractivity contribution >= 4 is 23.0 Å². The minimum Gasteiger partial charge on any atom is -0.398 e. The van der Waals surface area contributed by atoms with Crippen molar-refractivity contribution in [1.82, 2.24) is 4.90 Å². The number of halogens is 1. The second-order valence-corrected chi connectivity index (χ2v) is 6.40. The first kappa shape index (κ1) is 14.5. The summed E-state index contributed by atoms with van der Waals surface area (Å²) in [7, 11) is 6.49. The fourth-order valence-electron chi connectivity index (χ4n) is 2.96. The van der Waals surface area contributed by atoms with Gasteiger partial charge in [-0.1, -0.05) is 11.6 Å². The third-order valence-corrected chi connectivity index (χ3v) is 4.82. The maximum atomic E-state index is 6.15. The molecular weight excluding hydrogens is 258 g/mol. The van der Waals surface area contributed by atoms with Crippen molar-refractivity contribution in [2.45, 2.75) is 31.7 Å². The van der Waals surface area contributed by atoms with Gasteiger partial charge in [0, 0.05) is 24.8 Å². The van der Waals surface area contributed by atoms with E-state index < -0.39 is 0 Å². The normalized spacial score (nSPS) is 17.4. The molecule has 19 heavy (non-hydrogen) atoms. The molecule has 1 aromatic rings. The van der Waals surface area contributed by atoms with Crippen LogP contribution in [0.25, 0.3) is 0 Å². The molecule has 0 spiro atoms. The molecule has 0 aliphatic heterocycles. The van der Waals surface area contributed by atoms with Crippen LogP contribution in [-0.2, 0) is 0 Å². The zero-order chi connectivity index (χ0) is 14.2. The predicted octanol–water partition coefficient (Wildman–Crippen LogP) is 3.15. The zero-order valence-corrected chi connectivity index (χ0v) is 13.1. The summed E-state index contributed by atoms with van der Waals surface area (Å²) in [4.78, 5) is 4.67. The number of nitrogen functional groups attached to an aromatic ring is 1. The first-order valence-electron chi connectivity index (χ1n) is 6.80. The quantitative estimate of drug-likeness (QED) is 0.861. The van der Waals surface area contributed by atoms with Crippen LogP contribution in [0.5, 0.6) is 0 Å². The Morgan fingerprint density at radius 2 is 1.89 bits per heavy atom. The number of likely N-dealkylation sites (N-methyl/N-ethyl adjacent to an activating group) is 2. The Morgan fingerprint density at radius 1 is 1.26 bits per heavy atom. The third-order valence-electron chi connectivity index (χ3n) is 4.49. The minimum atomic E-state index is 0.315. The molecule has 3 nitrogen and oxygen atoms in total. The molecule has 0 heterocycles. The molecule has 1 aliphatic carbocycles. The summed E-state index contributed by atoms with van der Waals surface area (Å²) in [5.41, 5.74) is 9.17. The Kier molecular flexibility index (Phi) is 3.98. The van der Waals surface area contributed by atoms with Gasteiger partial charge in [0.05, 0.1) is 10.7 Å². The van der Waals surface area contributed by atoms with Gasteiger partial charge in [-0.25, -0.2) is 0 Å².